The summed E-state index contributed by atoms with van der Waals surface area (Å²) in [6.45, 7) is 11.9. The summed E-state index contributed by atoms with van der Waals surface area (Å²) in [5, 5.41) is 3.46. The molecule has 0 radical (unpaired) electrons. The zero-order valence-electron chi connectivity index (χ0n) is 19.2. The lowest BCUT2D eigenvalue weighted by Crippen LogP contribution is -2.50. The monoisotopic (exact) mass is 444 g/mol. The number of hydrogen-bond acceptors (Lipinski definition) is 3. The number of carbonyl (C=O) groups excluding carboxylic acids is 2. The van der Waals surface area contributed by atoms with Crippen molar-refractivity contribution in [2.75, 3.05) is 6.61 Å². The summed E-state index contributed by atoms with van der Waals surface area (Å²) < 4.78 is 5.93. The van der Waals surface area contributed by atoms with E-state index < -0.39 is 6.04 Å². The van der Waals surface area contributed by atoms with Crippen LogP contribution in [-0.4, -0.2) is 35.4 Å². The van der Waals surface area contributed by atoms with E-state index in [9.17, 15) is 9.59 Å². The summed E-state index contributed by atoms with van der Waals surface area (Å²) >= 11 is 6.11. The van der Waals surface area contributed by atoms with Crippen LogP contribution in [0.5, 0.6) is 5.75 Å². The maximum absolute atomic E-state index is 13.2. The molecular weight excluding hydrogens is 412 g/mol. The van der Waals surface area contributed by atoms with E-state index in [-0.39, 0.29) is 36.4 Å². The predicted molar refractivity (Wildman–Crippen MR) is 125 cm³/mol. The van der Waals surface area contributed by atoms with Gasteiger partial charge in [-0.3, -0.25) is 9.59 Å². The van der Waals surface area contributed by atoms with Crippen LogP contribution in [0.4, 0.5) is 0 Å². The van der Waals surface area contributed by atoms with E-state index in [0.717, 1.165) is 11.1 Å². The van der Waals surface area contributed by atoms with Crippen molar-refractivity contribution < 1.29 is 14.3 Å². The number of carbonyl (C=O) groups is 2. The fourth-order valence-corrected chi connectivity index (χ4v) is 3.47. The molecule has 2 amide bonds. The van der Waals surface area contributed by atoms with Gasteiger partial charge in [0.25, 0.3) is 5.91 Å². The lowest BCUT2D eigenvalue weighted by atomic mass is 9.86. The van der Waals surface area contributed by atoms with Crippen LogP contribution in [0.15, 0.2) is 48.5 Å². The Morgan fingerprint density at radius 3 is 2.35 bits per heavy atom. The SMILES string of the molecule is CC(C)NC(=O)[C@@H](C)N(Cc1cccc(Cl)c1)C(=O)COc1ccccc1C(C)(C)C. The molecule has 0 aromatic heterocycles. The Labute approximate surface area is 190 Å². The van der Waals surface area contributed by atoms with Crippen molar-refractivity contribution in [3.05, 3.63) is 64.7 Å². The molecule has 2 aromatic rings. The van der Waals surface area contributed by atoms with Crippen LogP contribution in [0.25, 0.3) is 0 Å². The van der Waals surface area contributed by atoms with Gasteiger partial charge in [-0.05, 0) is 55.5 Å². The fraction of sp³-hybridized carbons (Fsp3) is 0.440. The molecule has 0 aliphatic carbocycles. The highest BCUT2D eigenvalue weighted by Gasteiger charge is 2.27. The van der Waals surface area contributed by atoms with Gasteiger partial charge in [-0.1, -0.05) is 62.7 Å². The van der Waals surface area contributed by atoms with Crippen molar-refractivity contribution in [2.45, 2.75) is 65.6 Å². The van der Waals surface area contributed by atoms with E-state index >= 15 is 0 Å². The van der Waals surface area contributed by atoms with Crippen LogP contribution in [0.3, 0.4) is 0 Å². The average molecular weight is 445 g/mol. The summed E-state index contributed by atoms with van der Waals surface area (Å²) in [6.07, 6.45) is 0. The molecule has 0 heterocycles. The van der Waals surface area contributed by atoms with Crippen LogP contribution in [0.2, 0.25) is 5.02 Å². The molecule has 0 saturated carbocycles. The zero-order chi connectivity index (χ0) is 23.2. The van der Waals surface area contributed by atoms with Crippen molar-refractivity contribution >= 4 is 23.4 Å². The topological polar surface area (TPSA) is 58.6 Å². The van der Waals surface area contributed by atoms with Gasteiger partial charge >= 0.3 is 0 Å². The van der Waals surface area contributed by atoms with Gasteiger partial charge in [0.05, 0.1) is 0 Å². The molecule has 0 aliphatic heterocycles. The number of nitrogens with zero attached hydrogens (tertiary/aromatic N) is 1. The summed E-state index contributed by atoms with van der Waals surface area (Å²) in [7, 11) is 0. The van der Waals surface area contributed by atoms with Gasteiger partial charge in [0, 0.05) is 17.6 Å². The van der Waals surface area contributed by atoms with E-state index in [1.54, 1.807) is 19.1 Å². The fourth-order valence-electron chi connectivity index (χ4n) is 3.25. The molecule has 1 atom stereocenters. The van der Waals surface area contributed by atoms with E-state index in [2.05, 4.69) is 26.1 Å². The summed E-state index contributed by atoms with van der Waals surface area (Å²) in [5.74, 6) is 0.195. The number of ether oxygens (including phenoxy) is 1. The van der Waals surface area contributed by atoms with Crippen molar-refractivity contribution in [1.82, 2.24) is 10.2 Å². The minimum absolute atomic E-state index is 0.0204. The van der Waals surface area contributed by atoms with Crippen LogP contribution in [0.1, 0.15) is 52.7 Å². The van der Waals surface area contributed by atoms with Crippen LogP contribution in [0, 0.1) is 0 Å². The third-order valence-corrected chi connectivity index (χ3v) is 5.12. The molecule has 0 spiro atoms. The Balaban J connectivity index is 2.23. The van der Waals surface area contributed by atoms with Crippen molar-refractivity contribution in [3.63, 3.8) is 0 Å². The Hall–Kier alpha value is -2.53. The Morgan fingerprint density at radius 2 is 1.74 bits per heavy atom. The standard InChI is InChI=1S/C25H33ClN2O3/c1-17(2)27-24(30)18(3)28(15-19-10-9-11-20(26)14-19)23(29)16-31-22-13-8-7-12-21(22)25(4,5)6/h7-14,17-18H,15-16H2,1-6H3,(H,27,30)/t18-/m1/s1. The summed E-state index contributed by atoms with van der Waals surface area (Å²) in [4.78, 5) is 27.4. The normalized spacial score (nSPS) is 12.4. The van der Waals surface area contributed by atoms with Gasteiger partial charge in [0.15, 0.2) is 6.61 Å². The minimum atomic E-state index is -0.657. The maximum atomic E-state index is 13.2. The number of rotatable bonds is 8. The minimum Gasteiger partial charge on any atom is -0.483 e. The Kier molecular flexibility index (Phi) is 8.52. The number of benzene rings is 2. The number of hydrogen-bond donors (Lipinski definition) is 1. The summed E-state index contributed by atoms with van der Waals surface area (Å²) in [5.41, 5.74) is 1.75. The van der Waals surface area contributed by atoms with E-state index in [1.807, 2.05) is 50.2 Å². The molecule has 2 aromatic carbocycles. The first-order valence-electron chi connectivity index (χ1n) is 10.6. The van der Waals surface area contributed by atoms with Crippen molar-refractivity contribution in [1.29, 1.82) is 0 Å². The molecule has 0 saturated heterocycles. The maximum Gasteiger partial charge on any atom is 0.261 e. The van der Waals surface area contributed by atoms with E-state index in [4.69, 9.17) is 16.3 Å². The quantitative estimate of drug-likeness (QED) is 0.626. The first-order chi connectivity index (χ1) is 14.5. The number of nitrogens with one attached hydrogen (secondary N) is 1. The lowest BCUT2D eigenvalue weighted by molar-refractivity contribution is -0.142. The van der Waals surface area contributed by atoms with Crippen LogP contribution >= 0.6 is 11.6 Å². The molecule has 6 heteroatoms. The number of para-hydroxylation sites is 1. The largest absolute Gasteiger partial charge is 0.483 e. The van der Waals surface area contributed by atoms with Gasteiger partial charge < -0.3 is 15.0 Å². The van der Waals surface area contributed by atoms with Gasteiger partial charge in [-0.25, -0.2) is 0 Å². The first-order valence-corrected chi connectivity index (χ1v) is 10.9. The smallest absolute Gasteiger partial charge is 0.261 e. The summed E-state index contributed by atoms with van der Waals surface area (Å²) in [6, 6.07) is 14.3. The van der Waals surface area contributed by atoms with Crippen LogP contribution in [-0.2, 0) is 21.5 Å². The second-order valence-electron chi connectivity index (χ2n) is 9.03. The Morgan fingerprint density at radius 1 is 1.06 bits per heavy atom. The van der Waals surface area contributed by atoms with Crippen LogP contribution < -0.4 is 10.1 Å². The molecule has 0 aliphatic rings. The first kappa shape index (κ1) is 24.7. The van der Waals surface area contributed by atoms with E-state index in [1.165, 1.54) is 4.90 Å². The second kappa shape index (κ2) is 10.7. The highest BCUT2D eigenvalue weighted by molar-refractivity contribution is 6.30. The highest BCUT2D eigenvalue weighted by Crippen LogP contribution is 2.31. The molecule has 5 nitrogen and oxygen atoms in total. The number of halogens is 1. The third kappa shape index (κ3) is 7.28. The molecule has 2 rings (SSSR count). The average Bonchev–Trinajstić information content (AvgIpc) is 2.68. The molecular formula is C25H33ClN2O3. The molecule has 0 bridgehead atoms. The van der Waals surface area contributed by atoms with Gasteiger partial charge in [-0.2, -0.15) is 0 Å². The van der Waals surface area contributed by atoms with Gasteiger partial charge in [0.2, 0.25) is 5.91 Å². The number of amides is 2. The van der Waals surface area contributed by atoms with Gasteiger partial charge in [-0.15, -0.1) is 0 Å². The molecule has 168 valence electrons. The molecule has 1 N–H and O–H groups in total. The molecule has 0 unspecified atom stereocenters. The molecule has 0 fully saturated rings. The zero-order valence-corrected chi connectivity index (χ0v) is 20.0. The second-order valence-corrected chi connectivity index (χ2v) is 9.46. The van der Waals surface area contributed by atoms with Gasteiger partial charge in [0.1, 0.15) is 11.8 Å². The molecule has 31 heavy (non-hydrogen) atoms. The van der Waals surface area contributed by atoms with Crippen molar-refractivity contribution in [3.8, 4) is 5.75 Å². The predicted octanol–water partition coefficient (Wildman–Crippen LogP) is 4.96. The van der Waals surface area contributed by atoms with E-state index in [0.29, 0.717) is 10.8 Å². The highest BCUT2D eigenvalue weighted by atomic mass is 35.5. The van der Waals surface area contributed by atoms with Crippen molar-refractivity contribution in [2.24, 2.45) is 0 Å². The third-order valence-electron chi connectivity index (χ3n) is 4.89. The lowest BCUT2D eigenvalue weighted by Gasteiger charge is -2.30. The Bertz CT molecular complexity index is 906.